The van der Waals surface area contributed by atoms with Gasteiger partial charge in [-0.05, 0) is 58.0 Å². The molecular formula is C33H22O3S. The van der Waals surface area contributed by atoms with Crippen LogP contribution in [0, 0.1) is 0 Å². The van der Waals surface area contributed by atoms with Crippen LogP contribution in [0.2, 0.25) is 0 Å². The molecule has 0 aliphatic rings. The molecule has 0 saturated heterocycles. The topological polar surface area (TPSA) is 57.5 Å². The van der Waals surface area contributed by atoms with Crippen LogP contribution in [0.15, 0.2) is 115 Å². The molecule has 6 rings (SSSR count). The quantitative estimate of drug-likeness (QED) is 0.234. The number of phenols is 2. The number of hydrogen-bond acceptors (Lipinski definition) is 4. The number of fused-ring (bicyclic) bond motifs is 1. The first-order valence-corrected chi connectivity index (χ1v) is 12.8. The molecule has 37 heavy (non-hydrogen) atoms. The Bertz CT molecular complexity index is 1750. The third-order valence-corrected chi connectivity index (χ3v) is 7.61. The minimum atomic E-state index is 0.148. The molecule has 0 amide bonds. The molecule has 0 saturated carbocycles. The van der Waals surface area contributed by atoms with Crippen molar-refractivity contribution in [2.24, 2.45) is 0 Å². The van der Waals surface area contributed by atoms with Gasteiger partial charge in [-0.2, -0.15) is 0 Å². The Morgan fingerprint density at radius 2 is 1.27 bits per heavy atom. The molecule has 3 nitrogen and oxygen atoms in total. The van der Waals surface area contributed by atoms with E-state index in [1.54, 1.807) is 35.6 Å². The third-order valence-electron chi connectivity index (χ3n) is 6.65. The first-order chi connectivity index (χ1) is 18.2. The van der Waals surface area contributed by atoms with Crippen LogP contribution < -0.4 is 0 Å². The van der Waals surface area contributed by atoms with Gasteiger partial charge < -0.3 is 10.2 Å². The number of benzene rings is 5. The summed E-state index contributed by atoms with van der Waals surface area (Å²) in [5, 5.41) is 24.1. The molecule has 0 fully saturated rings. The Labute approximate surface area is 218 Å². The molecule has 0 aliphatic heterocycles. The molecule has 2 N–H and O–H groups in total. The maximum Gasteiger partial charge on any atom is 0.150 e. The van der Waals surface area contributed by atoms with Gasteiger partial charge in [0.1, 0.15) is 11.5 Å². The van der Waals surface area contributed by atoms with E-state index in [9.17, 15) is 15.0 Å². The first-order valence-electron chi connectivity index (χ1n) is 11.9. The summed E-state index contributed by atoms with van der Waals surface area (Å²) in [5.74, 6) is 0.308. The Morgan fingerprint density at radius 1 is 0.595 bits per heavy atom. The van der Waals surface area contributed by atoms with E-state index in [2.05, 4.69) is 29.6 Å². The van der Waals surface area contributed by atoms with Crippen molar-refractivity contribution < 1.29 is 15.0 Å². The molecule has 1 aromatic heterocycles. The maximum atomic E-state index is 12.7. The van der Waals surface area contributed by atoms with Crippen molar-refractivity contribution in [2.75, 3.05) is 0 Å². The summed E-state index contributed by atoms with van der Waals surface area (Å²) in [5.41, 5.74) is 7.39. The SMILES string of the molecule is O=Cc1cc(-c2ccccc2O)c(-c2ccccc2)c(-c2csc3ccccc23)c1-c1ccc(O)cc1. The zero-order chi connectivity index (χ0) is 25.4. The highest BCUT2D eigenvalue weighted by Crippen LogP contribution is 2.50. The van der Waals surface area contributed by atoms with Crippen molar-refractivity contribution >= 4 is 27.7 Å². The molecule has 0 bridgehead atoms. The molecule has 6 aromatic rings. The smallest absolute Gasteiger partial charge is 0.150 e. The summed E-state index contributed by atoms with van der Waals surface area (Å²) in [6.07, 6.45) is 0.874. The van der Waals surface area contributed by atoms with Crippen LogP contribution in [0.1, 0.15) is 10.4 Å². The van der Waals surface area contributed by atoms with E-state index in [-0.39, 0.29) is 11.5 Å². The van der Waals surface area contributed by atoms with Crippen molar-refractivity contribution in [1.29, 1.82) is 0 Å². The second-order valence-corrected chi connectivity index (χ2v) is 9.74. The molecule has 4 heteroatoms. The number of carbonyl (C=O) groups excluding carboxylic acids is 1. The van der Waals surface area contributed by atoms with Crippen LogP contribution in [0.3, 0.4) is 0 Å². The van der Waals surface area contributed by atoms with Gasteiger partial charge in [-0.3, -0.25) is 4.79 Å². The summed E-state index contributed by atoms with van der Waals surface area (Å²) in [4.78, 5) is 12.7. The van der Waals surface area contributed by atoms with Crippen molar-refractivity contribution in [3.05, 3.63) is 120 Å². The van der Waals surface area contributed by atoms with Crippen LogP contribution >= 0.6 is 11.3 Å². The van der Waals surface area contributed by atoms with E-state index in [0.29, 0.717) is 11.1 Å². The maximum absolute atomic E-state index is 12.7. The van der Waals surface area contributed by atoms with Gasteiger partial charge in [0.05, 0.1) is 0 Å². The fourth-order valence-corrected chi connectivity index (χ4v) is 5.95. The molecule has 0 unspecified atom stereocenters. The average Bonchev–Trinajstić information content (AvgIpc) is 3.37. The normalized spacial score (nSPS) is 11.0. The van der Waals surface area contributed by atoms with Crippen molar-refractivity contribution in [3.63, 3.8) is 0 Å². The van der Waals surface area contributed by atoms with Gasteiger partial charge in [0.2, 0.25) is 0 Å². The minimum Gasteiger partial charge on any atom is -0.508 e. The number of aromatic hydroxyl groups is 2. The van der Waals surface area contributed by atoms with Gasteiger partial charge in [-0.25, -0.2) is 0 Å². The lowest BCUT2D eigenvalue weighted by atomic mass is 9.80. The number of carbonyl (C=O) groups is 1. The Morgan fingerprint density at radius 3 is 2.03 bits per heavy atom. The van der Waals surface area contributed by atoms with Gasteiger partial charge in [0.25, 0.3) is 0 Å². The van der Waals surface area contributed by atoms with E-state index >= 15 is 0 Å². The number of aldehydes is 1. The summed E-state index contributed by atoms with van der Waals surface area (Å²) in [6, 6.07) is 34.3. The van der Waals surface area contributed by atoms with Gasteiger partial charge in [0.15, 0.2) is 6.29 Å². The van der Waals surface area contributed by atoms with E-state index in [1.165, 1.54) is 0 Å². The van der Waals surface area contributed by atoms with E-state index in [0.717, 1.165) is 55.3 Å². The zero-order valence-corrected chi connectivity index (χ0v) is 20.6. The summed E-state index contributed by atoms with van der Waals surface area (Å²) in [6.45, 7) is 0. The highest BCUT2D eigenvalue weighted by Gasteiger charge is 2.25. The van der Waals surface area contributed by atoms with E-state index in [1.807, 2.05) is 60.7 Å². The Hall–Kier alpha value is -4.67. The lowest BCUT2D eigenvalue weighted by molar-refractivity contribution is 0.112. The average molecular weight is 499 g/mol. The molecule has 0 aliphatic carbocycles. The van der Waals surface area contributed by atoms with Gasteiger partial charge in [-0.1, -0.05) is 78.9 Å². The summed E-state index contributed by atoms with van der Waals surface area (Å²) in [7, 11) is 0. The van der Waals surface area contributed by atoms with Crippen LogP contribution in [-0.4, -0.2) is 16.5 Å². The number of rotatable bonds is 5. The lowest BCUT2D eigenvalue weighted by Crippen LogP contribution is -1.99. The number of thiophene rings is 1. The van der Waals surface area contributed by atoms with Crippen LogP contribution in [-0.2, 0) is 0 Å². The molecule has 1 heterocycles. The molecular weight excluding hydrogens is 476 g/mol. The third kappa shape index (κ3) is 3.98. The minimum absolute atomic E-state index is 0.148. The summed E-state index contributed by atoms with van der Waals surface area (Å²) < 4.78 is 1.15. The van der Waals surface area contributed by atoms with Crippen LogP contribution in [0.4, 0.5) is 0 Å². The second-order valence-electron chi connectivity index (χ2n) is 8.83. The Kier molecular flexibility index (Phi) is 5.79. The van der Waals surface area contributed by atoms with Crippen molar-refractivity contribution in [2.45, 2.75) is 0 Å². The first kappa shape index (κ1) is 22.8. The fourth-order valence-electron chi connectivity index (χ4n) is 5.00. The number of para-hydroxylation sites is 1. The lowest BCUT2D eigenvalue weighted by Gasteiger charge is -2.22. The molecule has 0 atom stereocenters. The van der Waals surface area contributed by atoms with Crippen LogP contribution in [0.5, 0.6) is 11.5 Å². The van der Waals surface area contributed by atoms with Crippen molar-refractivity contribution in [3.8, 4) is 56.0 Å². The molecule has 178 valence electrons. The largest absolute Gasteiger partial charge is 0.508 e. The summed E-state index contributed by atoms with van der Waals surface area (Å²) >= 11 is 1.66. The van der Waals surface area contributed by atoms with Gasteiger partial charge in [0, 0.05) is 37.9 Å². The predicted molar refractivity (Wildman–Crippen MR) is 152 cm³/mol. The molecule has 5 aromatic carbocycles. The Balaban J connectivity index is 1.85. The monoisotopic (exact) mass is 498 g/mol. The molecule has 0 radical (unpaired) electrons. The van der Waals surface area contributed by atoms with E-state index in [4.69, 9.17) is 0 Å². The standard InChI is InChI=1S/C33H22O3S/c34-19-23-18-27(25-10-4-6-12-29(25)36)32(21-8-2-1-3-9-21)33(31(23)22-14-16-24(35)17-15-22)28-20-37-30-13-7-5-11-26(28)30/h1-20,35-36H. The fraction of sp³-hybridized carbons (Fsp3) is 0. The van der Waals surface area contributed by atoms with E-state index < -0.39 is 0 Å². The van der Waals surface area contributed by atoms with Gasteiger partial charge in [-0.15, -0.1) is 11.3 Å². The van der Waals surface area contributed by atoms with Gasteiger partial charge >= 0.3 is 0 Å². The van der Waals surface area contributed by atoms with Crippen molar-refractivity contribution in [1.82, 2.24) is 0 Å². The second kappa shape index (κ2) is 9.41. The number of hydrogen-bond donors (Lipinski definition) is 2. The highest BCUT2D eigenvalue weighted by atomic mass is 32.1. The predicted octanol–water partition coefficient (Wildman–Crippen LogP) is 8.79. The zero-order valence-electron chi connectivity index (χ0n) is 19.8. The number of phenolic OH excluding ortho intramolecular Hbond substituents is 2. The molecule has 0 spiro atoms. The van der Waals surface area contributed by atoms with Crippen LogP contribution in [0.25, 0.3) is 54.6 Å². The highest BCUT2D eigenvalue weighted by molar-refractivity contribution is 7.17.